The number of ether oxygens (including phenoxy) is 1. The van der Waals surface area contributed by atoms with Gasteiger partial charge in [-0.15, -0.1) is 11.8 Å². The third-order valence-electron chi connectivity index (χ3n) is 2.49. The molecule has 7 heteroatoms. The molecule has 0 aliphatic heterocycles. The number of esters is 1. The van der Waals surface area contributed by atoms with Crippen LogP contribution in [0.1, 0.15) is 6.92 Å². The van der Waals surface area contributed by atoms with E-state index in [1.165, 1.54) is 11.8 Å². The molecule has 0 saturated carbocycles. The lowest BCUT2D eigenvalue weighted by atomic mass is 10.3. The first-order valence-corrected chi connectivity index (χ1v) is 8.56. The molecule has 0 bridgehead atoms. The van der Waals surface area contributed by atoms with E-state index >= 15 is 0 Å². The van der Waals surface area contributed by atoms with Crippen molar-refractivity contribution >= 4 is 29.5 Å². The van der Waals surface area contributed by atoms with Gasteiger partial charge in [0.05, 0.1) is 23.7 Å². The first-order valence-electron chi connectivity index (χ1n) is 6.34. The topological polar surface area (TPSA) is 65.0 Å². The summed E-state index contributed by atoms with van der Waals surface area (Å²) in [4.78, 5) is 25.4. The Kier molecular flexibility index (Phi) is 6.01. The maximum Gasteiger partial charge on any atom is 0.316 e. The minimum Gasteiger partial charge on any atom is -0.465 e. The number of thioether (sulfide) groups is 2. The van der Waals surface area contributed by atoms with E-state index in [4.69, 9.17) is 4.74 Å². The van der Waals surface area contributed by atoms with Crippen LogP contribution < -0.4 is 0 Å². The van der Waals surface area contributed by atoms with Gasteiger partial charge in [0, 0.05) is 17.3 Å². The van der Waals surface area contributed by atoms with Crippen molar-refractivity contribution in [2.75, 3.05) is 18.6 Å². The fraction of sp³-hybridized carbons (Fsp3) is 0.286. The van der Waals surface area contributed by atoms with Crippen LogP contribution in [-0.2, 0) is 9.53 Å². The quantitative estimate of drug-likeness (QED) is 0.460. The van der Waals surface area contributed by atoms with Crippen molar-refractivity contribution in [3.63, 3.8) is 0 Å². The van der Waals surface area contributed by atoms with E-state index in [1.807, 2.05) is 24.6 Å². The van der Waals surface area contributed by atoms with Crippen molar-refractivity contribution < 1.29 is 9.53 Å². The van der Waals surface area contributed by atoms with Crippen LogP contribution in [0.15, 0.2) is 40.6 Å². The number of hydrogen-bond acceptors (Lipinski definition) is 7. The van der Waals surface area contributed by atoms with E-state index in [9.17, 15) is 4.79 Å². The average molecular weight is 321 g/mol. The Morgan fingerprint density at radius 2 is 2.10 bits per heavy atom. The molecule has 0 fully saturated rings. The molecule has 0 unspecified atom stereocenters. The second-order valence-corrected chi connectivity index (χ2v) is 5.72. The second-order valence-electron chi connectivity index (χ2n) is 3.90. The van der Waals surface area contributed by atoms with E-state index in [0.717, 1.165) is 16.3 Å². The van der Waals surface area contributed by atoms with Crippen LogP contribution >= 0.6 is 23.5 Å². The molecular formula is C14H15N3O2S2. The van der Waals surface area contributed by atoms with Gasteiger partial charge < -0.3 is 4.74 Å². The zero-order valence-corrected chi connectivity index (χ0v) is 13.4. The Hall–Kier alpha value is -1.60. The number of carbonyl (C=O) groups is 1. The second kappa shape index (κ2) is 7.99. The number of nitrogens with zero attached hydrogens (tertiary/aromatic N) is 3. The van der Waals surface area contributed by atoms with Gasteiger partial charge in [0.1, 0.15) is 0 Å². The third kappa shape index (κ3) is 4.71. The zero-order valence-electron chi connectivity index (χ0n) is 11.8. The molecule has 2 aromatic rings. The number of aromatic nitrogens is 3. The first kappa shape index (κ1) is 15.8. The molecule has 0 spiro atoms. The van der Waals surface area contributed by atoms with E-state index in [0.29, 0.717) is 11.8 Å². The molecule has 5 nitrogen and oxygen atoms in total. The van der Waals surface area contributed by atoms with Crippen molar-refractivity contribution in [3.8, 4) is 11.4 Å². The van der Waals surface area contributed by atoms with Crippen LogP contribution in [0.2, 0.25) is 0 Å². The number of rotatable bonds is 6. The summed E-state index contributed by atoms with van der Waals surface area (Å²) in [6.07, 6.45) is 5.49. The van der Waals surface area contributed by atoms with Crippen LogP contribution in [-0.4, -0.2) is 39.5 Å². The highest BCUT2D eigenvalue weighted by molar-refractivity contribution is 7.99. The maximum absolute atomic E-state index is 11.3. The molecule has 0 saturated heterocycles. The van der Waals surface area contributed by atoms with Gasteiger partial charge in [0.2, 0.25) is 0 Å². The van der Waals surface area contributed by atoms with Gasteiger partial charge >= 0.3 is 5.97 Å². The van der Waals surface area contributed by atoms with E-state index < -0.39 is 0 Å². The van der Waals surface area contributed by atoms with Crippen LogP contribution in [0.5, 0.6) is 0 Å². The first-order chi connectivity index (χ1) is 10.2. The molecule has 0 radical (unpaired) electrons. The number of hydrogen-bond donors (Lipinski definition) is 0. The highest BCUT2D eigenvalue weighted by atomic mass is 32.2. The average Bonchev–Trinajstić information content (AvgIpc) is 2.54. The summed E-state index contributed by atoms with van der Waals surface area (Å²) in [5.74, 6) is -0.0604. The summed E-state index contributed by atoms with van der Waals surface area (Å²) in [5.41, 5.74) is 1.53. The Balaban J connectivity index is 2.07. The fourth-order valence-electron chi connectivity index (χ4n) is 1.53. The minimum absolute atomic E-state index is 0.204. The van der Waals surface area contributed by atoms with Crippen LogP contribution in [0, 0.1) is 0 Å². The monoisotopic (exact) mass is 321 g/mol. The standard InChI is InChI=1S/C14H15N3O2S2/c1-3-19-13(18)9-21-14-15-7-6-12(17-14)11-5-4-10(20-2)8-16-11/h4-8H,3,9H2,1-2H3. The Morgan fingerprint density at radius 3 is 2.76 bits per heavy atom. The van der Waals surface area contributed by atoms with Gasteiger partial charge in [0.15, 0.2) is 5.16 Å². The molecule has 2 heterocycles. The molecule has 2 aromatic heterocycles. The van der Waals surface area contributed by atoms with E-state index in [2.05, 4.69) is 15.0 Å². The molecular weight excluding hydrogens is 306 g/mol. The summed E-state index contributed by atoms with van der Waals surface area (Å²) in [6.45, 7) is 2.16. The lowest BCUT2D eigenvalue weighted by Gasteiger charge is -2.04. The SMILES string of the molecule is CCOC(=O)CSc1nccc(-c2ccc(SC)cn2)n1. The van der Waals surface area contributed by atoms with Crippen molar-refractivity contribution in [2.45, 2.75) is 17.0 Å². The van der Waals surface area contributed by atoms with Gasteiger partial charge in [-0.1, -0.05) is 11.8 Å². The van der Waals surface area contributed by atoms with Crippen molar-refractivity contribution in [3.05, 3.63) is 30.6 Å². The zero-order chi connectivity index (χ0) is 15.1. The maximum atomic E-state index is 11.3. The van der Waals surface area contributed by atoms with Crippen molar-refractivity contribution in [2.24, 2.45) is 0 Å². The molecule has 0 aliphatic rings. The summed E-state index contributed by atoms with van der Waals surface area (Å²) in [5, 5.41) is 0.538. The van der Waals surface area contributed by atoms with Crippen LogP contribution in [0.4, 0.5) is 0 Å². The Labute approximate surface area is 131 Å². The summed E-state index contributed by atoms with van der Waals surface area (Å²) >= 11 is 2.90. The minimum atomic E-state index is -0.265. The molecule has 0 aromatic carbocycles. The smallest absolute Gasteiger partial charge is 0.316 e. The Morgan fingerprint density at radius 1 is 1.24 bits per heavy atom. The summed E-state index contributed by atoms with van der Waals surface area (Å²) < 4.78 is 4.87. The lowest BCUT2D eigenvalue weighted by Crippen LogP contribution is -2.07. The highest BCUT2D eigenvalue weighted by Gasteiger charge is 2.07. The van der Waals surface area contributed by atoms with Crippen LogP contribution in [0.3, 0.4) is 0 Å². The van der Waals surface area contributed by atoms with Gasteiger partial charge in [-0.2, -0.15) is 0 Å². The Bertz CT molecular complexity index is 605. The number of pyridine rings is 1. The predicted molar refractivity (Wildman–Crippen MR) is 84.4 cm³/mol. The molecule has 0 atom stereocenters. The summed E-state index contributed by atoms with van der Waals surface area (Å²) in [7, 11) is 0. The predicted octanol–water partition coefficient (Wildman–Crippen LogP) is 2.92. The van der Waals surface area contributed by atoms with Gasteiger partial charge in [0.25, 0.3) is 0 Å². The van der Waals surface area contributed by atoms with Gasteiger partial charge in [-0.3, -0.25) is 9.78 Å². The fourth-order valence-corrected chi connectivity index (χ4v) is 2.52. The molecule has 0 N–H and O–H groups in total. The largest absolute Gasteiger partial charge is 0.465 e. The normalized spacial score (nSPS) is 10.4. The van der Waals surface area contributed by atoms with Gasteiger partial charge in [-0.05, 0) is 31.4 Å². The van der Waals surface area contributed by atoms with E-state index in [1.54, 1.807) is 30.9 Å². The van der Waals surface area contributed by atoms with E-state index in [-0.39, 0.29) is 11.7 Å². The molecule has 0 amide bonds. The number of carbonyl (C=O) groups excluding carboxylic acids is 1. The molecule has 110 valence electrons. The lowest BCUT2D eigenvalue weighted by molar-refractivity contribution is -0.139. The highest BCUT2D eigenvalue weighted by Crippen LogP contribution is 2.21. The molecule has 0 aliphatic carbocycles. The molecule has 2 rings (SSSR count). The van der Waals surface area contributed by atoms with Crippen molar-refractivity contribution in [1.29, 1.82) is 0 Å². The summed E-state index contributed by atoms with van der Waals surface area (Å²) in [6, 6.07) is 5.73. The van der Waals surface area contributed by atoms with Crippen molar-refractivity contribution in [1.82, 2.24) is 15.0 Å². The van der Waals surface area contributed by atoms with Crippen LogP contribution in [0.25, 0.3) is 11.4 Å². The molecule has 21 heavy (non-hydrogen) atoms. The third-order valence-corrected chi connectivity index (χ3v) is 4.04. The van der Waals surface area contributed by atoms with Gasteiger partial charge in [-0.25, -0.2) is 9.97 Å².